The van der Waals surface area contributed by atoms with Gasteiger partial charge in [-0.05, 0) is 23.8 Å². The molecule has 0 amide bonds. The standard InChI is InChI=1S/C17H13ClO5/c1-21-10-5-3-9(4-6-10)15-16(19)11-7-12(18)14(22-2)8-13(11)23-17(15)20/h3-8,19H,1-2H3. The maximum atomic E-state index is 12.3. The zero-order chi connectivity index (χ0) is 16.6. The van der Waals surface area contributed by atoms with Gasteiger partial charge in [-0.15, -0.1) is 0 Å². The van der Waals surface area contributed by atoms with Crippen molar-refractivity contribution >= 4 is 22.6 Å². The molecule has 1 aromatic heterocycles. The predicted octanol–water partition coefficient (Wildman–Crippen LogP) is 3.84. The van der Waals surface area contributed by atoms with Crippen molar-refractivity contribution in [3.8, 4) is 28.4 Å². The van der Waals surface area contributed by atoms with Crippen molar-refractivity contribution in [2.75, 3.05) is 14.2 Å². The van der Waals surface area contributed by atoms with Crippen molar-refractivity contribution in [2.45, 2.75) is 0 Å². The topological polar surface area (TPSA) is 68.9 Å². The average Bonchev–Trinajstić information content (AvgIpc) is 2.56. The van der Waals surface area contributed by atoms with Crippen LogP contribution in [0.5, 0.6) is 17.2 Å². The van der Waals surface area contributed by atoms with Crippen LogP contribution in [0.4, 0.5) is 0 Å². The zero-order valence-corrected chi connectivity index (χ0v) is 13.2. The molecule has 0 saturated carbocycles. The number of halogens is 1. The lowest BCUT2D eigenvalue weighted by molar-refractivity contribution is 0.413. The molecule has 0 fully saturated rings. The van der Waals surface area contributed by atoms with Gasteiger partial charge in [-0.2, -0.15) is 0 Å². The molecule has 0 radical (unpaired) electrons. The summed E-state index contributed by atoms with van der Waals surface area (Å²) in [6, 6.07) is 9.69. The molecule has 0 spiro atoms. The smallest absolute Gasteiger partial charge is 0.347 e. The van der Waals surface area contributed by atoms with Crippen LogP contribution in [0.3, 0.4) is 0 Å². The molecule has 0 aliphatic carbocycles. The third-order valence-corrected chi connectivity index (χ3v) is 3.83. The first kappa shape index (κ1) is 15.2. The van der Waals surface area contributed by atoms with Crippen LogP contribution in [0.15, 0.2) is 45.6 Å². The van der Waals surface area contributed by atoms with Crippen LogP contribution in [0.25, 0.3) is 22.1 Å². The fourth-order valence-corrected chi connectivity index (χ4v) is 2.60. The average molecular weight is 333 g/mol. The molecule has 6 heteroatoms. The van der Waals surface area contributed by atoms with Crippen molar-refractivity contribution in [1.82, 2.24) is 0 Å². The summed E-state index contributed by atoms with van der Waals surface area (Å²) in [6.07, 6.45) is 0. The highest BCUT2D eigenvalue weighted by atomic mass is 35.5. The summed E-state index contributed by atoms with van der Waals surface area (Å²) in [5.41, 5.74) is 0.142. The third-order valence-electron chi connectivity index (χ3n) is 3.53. The quantitative estimate of drug-likeness (QED) is 0.738. The number of aromatic hydroxyl groups is 1. The minimum absolute atomic E-state index is 0.0707. The molecule has 3 rings (SSSR count). The summed E-state index contributed by atoms with van der Waals surface area (Å²) < 4.78 is 15.5. The second-order valence-electron chi connectivity index (χ2n) is 4.82. The molecule has 5 nitrogen and oxygen atoms in total. The molecule has 0 aliphatic rings. The highest BCUT2D eigenvalue weighted by molar-refractivity contribution is 6.33. The molecule has 2 aromatic carbocycles. The summed E-state index contributed by atoms with van der Waals surface area (Å²) in [5, 5.41) is 11.2. The Bertz CT molecular complexity index is 928. The van der Waals surface area contributed by atoms with Crippen LogP contribution >= 0.6 is 11.6 Å². The summed E-state index contributed by atoms with van der Waals surface area (Å²) in [5.74, 6) is 0.816. The van der Waals surface area contributed by atoms with Gasteiger partial charge in [-0.1, -0.05) is 23.7 Å². The first-order valence-electron chi connectivity index (χ1n) is 6.73. The number of hydrogen-bond acceptors (Lipinski definition) is 5. The van der Waals surface area contributed by atoms with E-state index in [0.717, 1.165) is 0 Å². The molecule has 0 atom stereocenters. The molecule has 0 bridgehead atoms. The summed E-state index contributed by atoms with van der Waals surface area (Å²) in [7, 11) is 3.00. The largest absolute Gasteiger partial charge is 0.506 e. The van der Waals surface area contributed by atoms with Crippen molar-refractivity contribution in [1.29, 1.82) is 0 Å². The van der Waals surface area contributed by atoms with E-state index in [-0.39, 0.29) is 16.9 Å². The summed E-state index contributed by atoms with van der Waals surface area (Å²) in [4.78, 5) is 12.3. The molecule has 1 N–H and O–H groups in total. The lowest BCUT2D eigenvalue weighted by Crippen LogP contribution is -2.04. The monoisotopic (exact) mass is 332 g/mol. The number of rotatable bonds is 3. The lowest BCUT2D eigenvalue weighted by Gasteiger charge is -2.09. The molecule has 3 aromatic rings. The van der Waals surface area contributed by atoms with Crippen LogP contribution in [0, 0.1) is 0 Å². The Balaban J connectivity index is 2.27. The van der Waals surface area contributed by atoms with E-state index in [1.54, 1.807) is 31.4 Å². The Hall–Kier alpha value is -2.66. The van der Waals surface area contributed by atoms with Crippen LogP contribution in [-0.4, -0.2) is 19.3 Å². The number of fused-ring (bicyclic) bond motifs is 1. The maximum absolute atomic E-state index is 12.3. The molecule has 0 unspecified atom stereocenters. The zero-order valence-electron chi connectivity index (χ0n) is 12.4. The SMILES string of the molecule is COc1ccc(-c2c(O)c3cc(Cl)c(OC)cc3oc2=O)cc1. The van der Waals surface area contributed by atoms with E-state index >= 15 is 0 Å². The van der Waals surface area contributed by atoms with Crippen LogP contribution in [-0.2, 0) is 0 Å². The van der Waals surface area contributed by atoms with Gasteiger partial charge in [0, 0.05) is 6.07 Å². The highest BCUT2D eigenvalue weighted by Crippen LogP contribution is 2.38. The van der Waals surface area contributed by atoms with E-state index in [4.69, 9.17) is 25.5 Å². The van der Waals surface area contributed by atoms with Crippen molar-refractivity contribution in [3.05, 3.63) is 51.8 Å². The molecule has 23 heavy (non-hydrogen) atoms. The fourth-order valence-electron chi connectivity index (χ4n) is 2.36. The normalized spacial score (nSPS) is 10.7. The van der Waals surface area contributed by atoms with Crippen LogP contribution in [0.2, 0.25) is 5.02 Å². The Kier molecular flexibility index (Phi) is 3.88. The number of ether oxygens (including phenoxy) is 2. The van der Waals surface area contributed by atoms with Crippen molar-refractivity contribution in [3.63, 3.8) is 0 Å². The fraction of sp³-hybridized carbons (Fsp3) is 0.118. The predicted molar refractivity (Wildman–Crippen MR) is 87.7 cm³/mol. The minimum Gasteiger partial charge on any atom is -0.506 e. The van der Waals surface area contributed by atoms with E-state index in [2.05, 4.69) is 0 Å². The van der Waals surface area contributed by atoms with E-state index in [0.29, 0.717) is 27.5 Å². The Morgan fingerprint density at radius 3 is 2.39 bits per heavy atom. The Morgan fingerprint density at radius 2 is 1.78 bits per heavy atom. The second kappa shape index (κ2) is 5.85. The molecular weight excluding hydrogens is 320 g/mol. The number of hydrogen-bond donors (Lipinski definition) is 1. The highest BCUT2D eigenvalue weighted by Gasteiger charge is 2.18. The number of benzene rings is 2. The lowest BCUT2D eigenvalue weighted by atomic mass is 10.0. The van der Waals surface area contributed by atoms with Crippen LogP contribution in [0.1, 0.15) is 0 Å². The van der Waals surface area contributed by atoms with Gasteiger partial charge < -0.3 is 19.0 Å². The molecule has 1 heterocycles. The molecular formula is C17H13ClO5. The van der Waals surface area contributed by atoms with Gasteiger partial charge in [0.25, 0.3) is 0 Å². The van der Waals surface area contributed by atoms with Crippen molar-refractivity contribution < 1.29 is 19.0 Å². The van der Waals surface area contributed by atoms with Gasteiger partial charge in [-0.3, -0.25) is 0 Å². The van der Waals surface area contributed by atoms with E-state index in [9.17, 15) is 9.90 Å². The summed E-state index contributed by atoms with van der Waals surface area (Å²) >= 11 is 6.08. The first-order valence-corrected chi connectivity index (χ1v) is 7.10. The van der Waals surface area contributed by atoms with Gasteiger partial charge in [0.05, 0.1) is 24.6 Å². The van der Waals surface area contributed by atoms with Gasteiger partial charge in [-0.25, -0.2) is 4.79 Å². The van der Waals surface area contributed by atoms with Gasteiger partial charge in [0.1, 0.15) is 28.4 Å². The molecule has 118 valence electrons. The van der Waals surface area contributed by atoms with Crippen LogP contribution < -0.4 is 15.1 Å². The van der Waals surface area contributed by atoms with Gasteiger partial charge >= 0.3 is 5.63 Å². The molecule has 0 saturated heterocycles. The van der Waals surface area contributed by atoms with E-state index in [1.165, 1.54) is 19.2 Å². The Morgan fingerprint density at radius 1 is 1.09 bits per heavy atom. The van der Waals surface area contributed by atoms with Crippen molar-refractivity contribution in [2.24, 2.45) is 0 Å². The van der Waals surface area contributed by atoms with E-state index in [1.807, 2.05) is 0 Å². The second-order valence-corrected chi connectivity index (χ2v) is 5.23. The Labute approximate surface area is 136 Å². The maximum Gasteiger partial charge on any atom is 0.347 e. The molecule has 0 aliphatic heterocycles. The summed E-state index contributed by atoms with van der Waals surface area (Å²) in [6.45, 7) is 0. The minimum atomic E-state index is -0.649. The first-order chi connectivity index (χ1) is 11.0. The number of methoxy groups -OCH3 is 2. The van der Waals surface area contributed by atoms with Gasteiger partial charge in [0.15, 0.2) is 0 Å². The van der Waals surface area contributed by atoms with E-state index < -0.39 is 5.63 Å². The third kappa shape index (κ3) is 2.59. The van der Waals surface area contributed by atoms with Gasteiger partial charge in [0.2, 0.25) is 0 Å².